The molecule has 0 saturated heterocycles. The molecule has 0 amide bonds. The second-order valence-corrected chi connectivity index (χ2v) is 6.18. The highest BCUT2D eigenvalue weighted by atomic mass is 32.1. The number of thiophene rings is 1. The Kier molecular flexibility index (Phi) is 5.17. The number of rotatable bonds is 6. The summed E-state index contributed by atoms with van der Waals surface area (Å²) in [5, 5.41) is 0. The third-order valence-electron chi connectivity index (χ3n) is 3.50. The summed E-state index contributed by atoms with van der Waals surface area (Å²) in [6.07, 6.45) is 4.77. The zero-order chi connectivity index (χ0) is 13.7. The van der Waals surface area contributed by atoms with Crippen molar-refractivity contribution < 1.29 is 0 Å². The summed E-state index contributed by atoms with van der Waals surface area (Å²) < 4.78 is 0. The van der Waals surface area contributed by atoms with Crippen LogP contribution in [0.3, 0.4) is 0 Å². The van der Waals surface area contributed by atoms with Gasteiger partial charge in [-0.05, 0) is 42.5 Å². The van der Waals surface area contributed by atoms with Crippen LogP contribution in [0.4, 0.5) is 0 Å². The Morgan fingerprint density at radius 1 is 1.05 bits per heavy atom. The van der Waals surface area contributed by atoms with Crippen molar-refractivity contribution >= 4 is 11.3 Å². The molecule has 102 valence electrons. The summed E-state index contributed by atoms with van der Waals surface area (Å²) >= 11 is 1.83. The Bertz CT molecular complexity index is 498. The van der Waals surface area contributed by atoms with Gasteiger partial charge in [-0.25, -0.2) is 0 Å². The molecule has 1 nitrogen and oxygen atoms in total. The third-order valence-corrected chi connectivity index (χ3v) is 4.81. The standard InChI is InChI=1S/C17H23NS/c1-3-5-6-13-7-9-14(10-8-13)17(18)16-12-11-15(4-2)19-16/h7-12,17H,3-6,18H2,1-2H3. The zero-order valence-electron chi connectivity index (χ0n) is 11.9. The highest BCUT2D eigenvalue weighted by Crippen LogP contribution is 2.27. The molecule has 19 heavy (non-hydrogen) atoms. The zero-order valence-corrected chi connectivity index (χ0v) is 12.7. The van der Waals surface area contributed by atoms with Gasteiger partial charge in [0.05, 0.1) is 6.04 Å². The van der Waals surface area contributed by atoms with E-state index in [9.17, 15) is 0 Å². The van der Waals surface area contributed by atoms with Crippen molar-refractivity contribution in [3.05, 3.63) is 57.3 Å². The number of nitrogens with two attached hydrogens (primary N) is 1. The van der Waals surface area contributed by atoms with E-state index in [-0.39, 0.29) is 6.04 Å². The maximum absolute atomic E-state index is 6.34. The molecule has 0 saturated carbocycles. The molecule has 0 bridgehead atoms. The molecule has 1 aromatic carbocycles. The Hall–Kier alpha value is -1.12. The van der Waals surface area contributed by atoms with Crippen LogP contribution >= 0.6 is 11.3 Å². The highest BCUT2D eigenvalue weighted by molar-refractivity contribution is 7.12. The van der Waals surface area contributed by atoms with Gasteiger partial charge in [0, 0.05) is 9.75 Å². The molecule has 1 atom stereocenters. The molecule has 1 aromatic heterocycles. The van der Waals surface area contributed by atoms with Crippen LogP contribution in [0.1, 0.15) is 53.6 Å². The van der Waals surface area contributed by atoms with E-state index in [1.54, 1.807) is 0 Å². The fraction of sp³-hybridized carbons (Fsp3) is 0.412. The van der Waals surface area contributed by atoms with Crippen LogP contribution in [0, 0.1) is 0 Å². The second kappa shape index (κ2) is 6.88. The molecule has 0 aliphatic carbocycles. The molecule has 0 fully saturated rings. The van der Waals surface area contributed by atoms with Crippen molar-refractivity contribution in [3.8, 4) is 0 Å². The number of hydrogen-bond donors (Lipinski definition) is 1. The third kappa shape index (κ3) is 3.68. The van der Waals surface area contributed by atoms with E-state index < -0.39 is 0 Å². The number of aryl methyl sites for hydroxylation is 2. The molecule has 2 N–H and O–H groups in total. The van der Waals surface area contributed by atoms with Crippen LogP contribution in [-0.4, -0.2) is 0 Å². The van der Waals surface area contributed by atoms with Gasteiger partial charge >= 0.3 is 0 Å². The van der Waals surface area contributed by atoms with Gasteiger partial charge in [0.25, 0.3) is 0 Å². The van der Waals surface area contributed by atoms with Crippen LogP contribution in [-0.2, 0) is 12.8 Å². The van der Waals surface area contributed by atoms with Crippen molar-refractivity contribution in [1.82, 2.24) is 0 Å². The van der Waals surface area contributed by atoms with Crippen LogP contribution in [0.25, 0.3) is 0 Å². The molecule has 0 spiro atoms. The summed E-state index contributed by atoms with van der Waals surface area (Å²) in [5.74, 6) is 0. The van der Waals surface area contributed by atoms with Gasteiger partial charge in [-0.1, -0.05) is 44.5 Å². The van der Waals surface area contributed by atoms with E-state index in [2.05, 4.69) is 50.2 Å². The molecule has 2 aromatic rings. The van der Waals surface area contributed by atoms with Gasteiger partial charge in [-0.3, -0.25) is 0 Å². The quantitative estimate of drug-likeness (QED) is 0.811. The molecule has 0 radical (unpaired) electrons. The maximum Gasteiger partial charge on any atom is 0.0646 e. The summed E-state index contributed by atoms with van der Waals surface area (Å²) in [6, 6.07) is 13.2. The van der Waals surface area contributed by atoms with Gasteiger partial charge in [0.1, 0.15) is 0 Å². The second-order valence-electron chi connectivity index (χ2n) is 4.98. The minimum absolute atomic E-state index is 0.0190. The molecule has 2 rings (SSSR count). The van der Waals surface area contributed by atoms with E-state index >= 15 is 0 Å². The predicted octanol–water partition coefficient (Wildman–Crippen LogP) is 4.70. The smallest absolute Gasteiger partial charge is 0.0646 e. The first kappa shape index (κ1) is 14.3. The van der Waals surface area contributed by atoms with Crippen molar-refractivity contribution in [3.63, 3.8) is 0 Å². The lowest BCUT2D eigenvalue weighted by atomic mass is 10.0. The average Bonchev–Trinajstić information content (AvgIpc) is 2.94. The summed E-state index contributed by atoms with van der Waals surface area (Å²) in [6.45, 7) is 4.41. The van der Waals surface area contributed by atoms with Crippen molar-refractivity contribution in [2.45, 2.75) is 45.6 Å². The Morgan fingerprint density at radius 2 is 1.79 bits per heavy atom. The van der Waals surface area contributed by atoms with E-state index in [4.69, 9.17) is 5.73 Å². The molecular formula is C17H23NS. The predicted molar refractivity (Wildman–Crippen MR) is 84.8 cm³/mol. The van der Waals surface area contributed by atoms with Gasteiger partial charge in [0.15, 0.2) is 0 Å². The minimum Gasteiger partial charge on any atom is -0.320 e. The average molecular weight is 273 g/mol. The van der Waals surface area contributed by atoms with Gasteiger partial charge in [0.2, 0.25) is 0 Å². The van der Waals surface area contributed by atoms with E-state index in [0.29, 0.717) is 0 Å². The van der Waals surface area contributed by atoms with Gasteiger partial charge < -0.3 is 5.73 Å². The summed E-state index contributed by atoms with van der Waals surface area (Å²) in [4.78, 5) is 2.67. The van der Waals surface area contributed by atoms with E-state index in [1.807, 2.05) is 11.3 Å². The first-order chi connectivity index (χ1) is 9.24. The van der Waals surface area contributed by atoms with Crippen LogP contribution < -0.4 is 5.73 Å². The van der Waals surface area contributed by atoms with Crippen molar-refractivity contribution in [1.29, 1.82) is 0 Å². The lowest BCUT2D eigenvalue weighted by molar-refractivity contribution is 0.793. The van der Waals surface area contributed by atoms with Crippen LogP contribution in [0.5, 0.6) is 0 Å². The van der Waals surface area contributed by atoms with Crippen molar-refractivity contribution in [2.75, 3.05) is 0 Å². The Labute approximate surface area is 120 Å². The normalized spacial score (nSPS) is 12.6. The van der Waals surface area contributed by atoms with Gasteiger partial charge in [-0.15, -0.1) is 11.3 Å². The highest BCUT2D eigenvalue weighted by Gasteiger charge is 2.11. The lowest BCUT2D eigenvalue weighted by Gasteiger charge is -2.11. The molecule has 0 aliphatic heterocycles. The maximum atomic E-state index is 6.34. The number of unbranched alkanes of at least 4 members (excludes halogenated alkanes) is 1. The molecule has 0 aliphatic rings. The summed E-state index contributed by atoms with van der Waals surface area (Å²) in [5.41, 5.74) is 8.97. The van der Waals surface area contributed by atoms with E-state index in [1.165, 1.54) is 40.1 Å². The monoisotopic (exact) mass is 273 g/mol. The van der Waals surface area contributed by atoms with Crippen LogP contribution in [0.15, 0.2) is 36.4 Å². The topological polar surface area (TPSA) is 26.0 Å². The van der Waals surface area contributed by atoms with Crippen LogP contribution in [0.2, 0.25) is 0 Å². The van der Waals surface area contributed by atoms with Gasteiger partial charge in [-0.2, -0.15) is 0 Å². The number of hydrogen-bond acceptors (Lipinski definition) is 2. The Balaban J connectivity index is 2.08. The Morgan fingerprint density at radius 3 is 2.37 bits per heavy atom. The van der Waals surface area contributed by atoms with E-state index in [0.717, 1.165) is 6.42 Å². The molecule has 1 heterocycles. The number of benzene rings is 1. The molecular weight excluding hydrogens is 250 g/mol. The fourth-order valence-electron chi connectivity index (χ4n) is 2.19. The minimum atomic E-state index is 0.0190. The first-order valence-corrected chi connectivity index (χ1v) is 7.99. The molecule has 2 heteroatoms. The SMILES string of the molecule is CCCCc1ccc(C(N)c2ccc(CC)s2)cc1. The molecule has 1 unspecified atom stereocenters. The van der Waals surface area contributed by atoms with Crippen molar-refractivity contribution in [2.24, 2.45) is 5.73 Å². The first-order valence-electron chi connectivity index (χ1n) is 7.17. The fourth-order valence-corrected chi connectivity index (χ4v) is 3.17. The summed E-state index contributed by atoms with van der Waals surface area (Å²) in [7, 11) is 0. The lowest BCUT2D eigenvalue weighted by Crippen LogP contribution is -2.10. The largest absolute Gasteiger partial charge is 0.320 e.